The number of rotatable bonds is 7. The largest absolute Gasteiger partial charge is 0.356 e. The fourth-order valence-electron chi connectivity index (χ4n) is 0.904. The summed E-state index contributed by atoms with van der Waals surface area (Å²) in [6, 6.07) is -0.0719. The summed E-state index contributed by atoms with van der Waals surface area (Å²) in [5.74, 6) is 1.73. The van der Waals surface area contributed by atoms with Gasteiger partial charge in [0.25, 0.3) is 0 Å². The molecule has 0 aliphatic heterocycles. The van der Waals surface area contributed by atoms with E-state index in [2.05, 4.69) is 10.6 Å². The zero-order valence-corrected chi connectivity index (χ0v) is 9.74. The smallest absolute Gasteiger partial charge is 0.216 e. The first-order valence-corrected chi connectivity index (χ1v) is 5.73. The van der Waals surface area contributed by atoms with Crippen molar-refractivity contribution in [1.82, 2.24) is 10.6 Å². The highest BCUT2D eigenvalue weighted by molar-refractivity contribution is 7.99. The molecule has 14 heavy (non-hydrogen) atoms. The predicted octanol–water partition coefficient (Wildman–Crippen LogP) is 0.0327. The molecule has 82 valence electrons. The Kier molecular flexibility index (Phi) is 7.51. The van der Waals surface area contributed by atoms with Crippen LogP contribution in [-0.4, -0.2) is 42.8 Å². The molecule has 0 rings (SSSR count). The van der Waals surface area contributed by atoms with Crippen molar-refractivity contribution in [3.8, 4) is 0 Å². The van der Waals surface area contributed by atoms with E-state index in [9.17, 15) is 9.59 Å². The van der Waals surface area contributed by atoms with Gasteiger partial charge in [-0.2, -0.15) is 11.8 Å². The molecule has 0 spiro atoms. The molecule has 0 aromatic heterocycles. The van der Waals surface area contributed by atoms with E-state index in [0.29, 0.717) is 6.54 Å². The standard InChI is InChI=1S/C9H18N2O2S/c1-7(12)9(10-3)6-14-5-4-11-8(2)13/h9-10H,4-6H2,1-3H3,(H,11,13). The van der Waals surface area contributed by atoms with Gasteiger partial charge >= 0.3 is 0 Å². The summed E-state index contributed by atoms with van der Waals surface area (Å²) in [7, 11) is 1.78. The summed E-state index contributed by atoms with van der Waals surface area (Å²) in [4.78, 5) is 21.5. The van der Waals surface area contributed by atoms with Crippen molar-refractivity contribution in [3.63, 3.8) is 0 Å². The van der Waals surface area contributed by atoms with Crippen LogP contribution in [0.4, 0.5) is 0 Å². The second-order valence-electron chi connectivity index (χ2n) is 3.01. The van der Waals surface area contributed by atoms with E-state index in [0.717, 1.165) is 11.5 Å². The molecule has 0 aliphatic rings. The van der Waals surface area contributed by atoms with E-state index in [1.165, 1.54) is 6.92 Å². The van der Waals surface area contributed by atoms with Crippen LogP contribution in [0.25, 0.3) is 0 Å². The second-order valence-corrected chi connectivity index (χ2v) is 4.16. The minimum absolute atomic E-state index is 0.0117. The maximum absolute atomic E-state index is 11.0. The molecule has 0 aromatic carbocycles. The van der Waals surface area contributed by atoms with Crippen LogP contribution in [0, 0.1) is 0 Å². The number of nitrogens with one attached hydrogen (secondary N) is 2. The zero-order valence-electron chi connectivity index (χ0n) is 8.92. The minimum atomic E-state index is -0.0719. The summed E-state index contributed by atoms with van der Waals surface area (Å²) in [6.07, 6.45) is 0. The number of hydrogen-bond acceptors (Lipinski definition) is 4. The van der Waals surface area contributed by atoms with Gasteiger partial charge < -0.3 is 10.6 Å². The Morgan fingerprint density at radius 2 is 2.00 bits per heavy atom. The number of likely N-dealkylation sites (N-methyl/N-ethyl adjacent to an activating group) is 1. The van der Waals surface area contributed by atoms with Gasteiger partial charge in [0.1, 0.15) is 5.78 Å². The third kappa shape index (κ3) is 6.91. The number of thioether (sulfide) groups is 1. The Bertz CT molecular complexity index is 197. The van der Waals surface area contributed by atoms with Crippen LogP contribution in [0.2, 0.25) is 0 Å². The van der Waals surface area contributed by atoms with Crippen LogP contribution in [0.5, 0.6) is 0 Å². The third-order valence-corrected chi connectivity index (χ3v) is 2.81. The maximum Gasteiger partial charge on any atom is 0.216 e. The summed E-state index contributed by atoms with van der Waals surface area (Å²) in [5.41, 5.74) is 0. The molecule has 0 aromatic rings. The van der Waals surface area contributed by atoms with Crippen LogP contribution in [-0.2, 0) is 9.59 Å². The lowest BCUT2D eigenvalue weighted by Gasteiger charge is -2.11. The van der Waals surface area contributed by atoms with E-state index < -0.39 is 0 Å². The van der Waals surface area contributed by atoms with Gasteiger partial charge in [0.2, 0.25) is 5.91 Å². The minimum Gasteiger partial charge on any atom is -0.356 e. The van der Waals surface area contributed by atoms with Crippen molar-refractivity contribution >= 4 is 23.5 Å². The highest BCUT2D eigenvalue weighted by atomic mass is 32.2. The molecular weight excluding hydrogens is 200 g/mol. The lowest BCUT2D eigenvalue weighted by atomic mass is 10.2. The highest BCUT2D eigenvalue weighted by Crippen LogP contribution is 2.02. The molecule has 0 bridgehead atoms. The lowest BCUT2D eigenvalue weighted by Crippen LogP contribution is -2.35. The quantitative estimate of drug-likeness (QED) is 0.592. The molecule has 0 aliphatic carbocycles. The van der Waals surface area contributed by atoms with Crippen LogP contribution in [0.15, 0.2) is 0 Å². The summed E-state index contributed by atoms with van der Waals surface area (Å²) >= 11 is 1.66. The van der Waals surface area contributed by atoms with Gasteiger partial charge in [-0.1, -0.05) is 0 Å². The van der Waals surface area contributed by atoms with Crippen molar-refractivity contribution < 1.29 is 9.59 Å². The molecule has 0 radical (unpaired) electrons. The van der Waals surface area contributed by atoms with Crippen molar-refractivity contribution in [2.45, 2.75) is 19.9 Å². The Morgan fingerprint density at radius 3 is 2.43 bits per heavy atom. The van der Waals surface area contributed by atoms with Crippen LogP contribution in [0.3, 0.4) is 0 Å². The van der Waals surface area contributed by atoms with Crippen molar-refractivity contribution in [2.24, 2.45) is 0 Å². The van der Waals surface area contributed by atoms with Gasteiger partial charge in [-0.05, 0) is 14.0 Å². The molecule has 0 fully saturated rings. The molecular formula is C9H18N2O2S. The van der Waals surface area contributed by atoms with Crippen molar-refractivity contribution in [2.75, 3.05) is 25.1 Å². The average molecular weight is 218 g/mol. The van der Waals surface area contributed by atoms with Crippen LogP contribution in [0.1, 0.15) is 13.8 Å². The molecule has 1 atom stereocenters. The number of amides is 1. The number of ketones is 1. The first kappa shape index (κ1) is 13.4. The Balaban J connectivity index is 3.42. The van der Waals surface area contributed by atoms with Gasteiger partial charge in [-0.3, -0.25) is 9.59 Å². The molecule has 1 unspecified atom stereocenters. The van der Waals surface area contributed by atoms with Gasteiger partial charge in [-0.25, -0.2) is 0 Å². The fraction of sp³-hybridized carbons (Fsp3) is 0.778. The van der Waals surface area contributed by atoms with Gasteiger partial charge in [0.15, 0.2) is 0 Å². The summed E-state index contributed by atoms with van der Waals surface area (Å²) in [6.45, 7) is 3.74. The molecule has 1 amide bonds. The normalized spacial score (nSPS) is 12.2. The van der Waals surface area contributed by atoms with E-state index in [1.54, 1.807) is 25.7 Å². The number of Topliss-reactive ketones (excluding diaryl/α,β-unsaturated/α-hetero) is 1. The van der Waals surface area contributed by atoms with E-state index in [4.69, 9.17) is 0 Å². The van der Waals surface area contributed by atoms with Crippen molar-refractivity contribution in [1.29, 1.82) is 0 Å². The summed E-state index contributed by atoms with van der Waals surface area (Å²) in [5, 5.41) is 5.64. The Labute approximate surface area is 89.2 Å². The Morgan fingerprint density at radius 1 is 1.36 bits per heavy atom. The topological polar surface area (TPSA) is 58.2 Å². The Hall–Kier alpha value is -0.550. The molecule has 0 saturated carbocycles. The molecule has 0 saturated heterocycles. The monoisotopic (exact) mass is 218 g/mol. The highest BCUT2D eigenvalue weighted by Gasteiger charge is 2.10. The van der Waals surface area contributed by atoms with Crippen LogP contribution >= 0.6 is 11.8 Å². The second kappa shape index (κ2) is 7.82. The third-order valence-electron chi connectivity index (χ3n) is 1.74. The maximum atomic E-state index is 11.0. The summed E-state index contributed by atoms with van der Waals surface area (Å²) < 4.78 is 0. The van der Waals surface area contributed by atoms with E-state index in [1.807, 2.05) is 0 Å². The number of carbonyl (C=O) groups is 2. The molecule has 0 heterocycles. The van der Waals surface area contributed by atoms with E-state index in [-0.39, 0.29) is 17.7 Å². The van der Waals surface area contributed by atoms with Crippen LogP contribution < -0.4 is 10.6 Å². The molecule has 4 nitrogen and oxygen atoms in total. The van der Waals surface area contributed by atoms with Gasteiger partial charge in [0, 0.05) is 25.0 Å². The number of carbonyl (C=O) groups excluding carboxylic acids is 2. The first-order valence-electron chi connectivity index (χ1n) is 4.57. The first-order chi connectivity index (χ1) is 6.57. The van der Waals surface area contributed by atoms with E-state index >= 15 is 0 Å². The van der Waals surface area contributed by atoms with Gasteiger partial charge in [-0.15, -0.1) is 0 Å². The SMILES string of the molecule is CNC(CSCCNC(C)=O)C(C)=O. The molecule has 5 heteroatoms. The lowest BCUT2D eigenvalue weighted by molar-refractivity contribution is -0.119. The average Bonchev–Trinajstić information content (AvgIpc) is 2.10. The molecule has 2 N–H and O–H groups in total. The predicted molar refractivity (Wildman–Crippen MR) is 59.5 cm³/mol. The zero-order chi connectivity index (χ0) is 11.0. The number of hydrogen-bond donors (Lipinski definition) is 2. The van der Waals surface area contributed by atoms with Crippen molar-refractivity contribution in [3.05, 3.63) is 0 Å². The van der Waals surface area contributed by atoms with Gasteiger partial charge in [0.05, 0.1) is 6.04 Å². The fourth-order valence-corrected chi connectivity index (χ4v) is 1.95.